The average molecular weight is 272 g/mol. The van der Waals surface area contributed by atoms with Crippen molar-refractivity contribution in [3.63, 3.8) is 0 Å². The molecule has 2 aromatic rings. The summed E-state index contributed by atoms with van der Waals surface area (Å²) in [4.78, 5) is 7.37. The highest BCUT2D eigenvalue weighted by Gasteiger charge is 2.19. The quantitative estimate of drug-likeness (QED) is 0.912. The molecule has 0 amide bonds. The molecular weight excluding hydrogens is 264 g/mol. The maximum atomic E-state index is 13.8. The fourth-order valence-corrected chi connectivity index (χ4v) is 1.64. The van der Waals surface area contributed by atoms with Gasteiger partial charge in [0.2, 0.25) is 0 Å². The van der Waals surface area contributed by atoms with Gasteiger partial charge in [0.1, 0.15) is 40.2 Å². The summed E-state index contributed by atoms with van der Waals surface area (Å²) in [6.45, 7) is 0. The molecule has 4 nitrogen and oxygen atoms in total. The van der Waals surface area contributed by atoms with Crippen molar-refractivity contribution >= 4 is 17.4 Å². The number of nitrogens with zero attached hydrogens (tertiary/aromatic N) is 2. The molecular formula is C11H8ClF2N3O. The van der Waals surface area contributed by atoms with Gasteiger partial charge in [-0.1, -0.05) is 11.6 Å². The Morgan fingerprint density at radius 2 is 1.83 bits per heavy atom. The van der Waals surface area contributed by atoms with E-state index in [0.717, 1.165) is 18.5 Å². The highest BCUT2D eigenvalue weighted by molar-refractivity contribution is 6.35. The third-order valence-corrected chi connectivity index (χ3v) is 2.68. The summed E-state index contributed by atoms with van der Waals surface area (Å²) in [6.07, 6.45) is 1.08. The summed E-state index contributed by atoms with van der Waals surface area (Å²) in [7, 11) is 1.31. The van der Waals surface area contributed by atoms with Gasteiger partial charge < -0.3 is 10.5 Å². The molecule has 0 fully saturated rings. The predicted octanol–water partition coefficient (Wildman–Crippen LogP) is 2.67. The predicted molar refractivity (Wildman–Crippen MR) is 63.4 cm³/mol. The highest BCUT2D eigenvalue weighted by atomic mass is 35.5. The second-order valence-corrected chi connectivity index (χ2v) is 3.77. The minimum absolute atomic E-state index is 0.0451. The van der Waals surface area contributed by atoms with Crippen LogP contribution in [0, 0.1) is 11.6 Å². The van der Waals surface area contributed by atoms with Gasteiger partial charge in [-0.2, -0.15) is 0 Å². The van der Waals surface area contributed by atoms with Crippen LogP contribution in [-0.4, -0.2) is 17.1 Å². The number of hydrogen-bond donors (Lipinski definition) is 1. The van der Waals surface area contributed by atoms with Gasteiger partial charge in [0, 0.05) is 12.1 Å². The minimum Gasteiger partial charge on any atom is -0.497 e. The molecule has 7 heteroatoms. The van der Waals surface area contributed by atoms with Gasteiger partial charge in [0.25, 0.3) is 0 Å². The summed E-state index contributed by atoms with van der Waals surface area (Å²) < 4.78 is 32.4. The summed E-state index contributed by atoms with van der Waals surface area (Å²) >= 11 is 5.83. The van der Waals surface area contributed by atoms with E-state index >= 15 is 0 Å². The Morgan fingerprint density at radius 3 is 2.39 bits per heavy atom. The van der Waals surface area contributed by atoms with Crippen LogP contribution in [0.5, 0.6) is 5.75 Å². The number of methoxy groups -OCH3 is 1. The second-order valence-electron chi connectivity index (χ2n) is 3.39. The third-order valence-electron chi connectivity index (χ3n) is 2.30. The van der Waals surface area contributed by atoms with E-state index in [4.69, 9.17) is 22.1 Å². The number of anilines is 1. The topological polar surface area (TPSA) is 61.0 Å². The average Bonchev–Trinajstić information content (AvgIpc) is 2.33. The largest absolute Gasteiger partial charge is 0.497 e. The lowest BCUT2D eigenvalue weighted by Crippen LogP contribution is -1.99. The first-order chi connectivity index (χ1) is 8.54. The Kier molecular flexibility index (Phi) is 3.29. The van der Waals surface area contributed by atoms with Crippen molar-refractivity contribution in [3.05, 3.63) is 35.1 Å². The van der Waals surface area contributed by atoms with Gasteiger partial charge in [-0.05, 0) is 0 Å². The van der Waals surface area contributed by atoms with Crippen LogP contribution in [0.25, 0.3) is 11.3 Å². The maximum absolute atomic E-state index is 13.8. The Balaban J connectivity index is 2.68. The van der Waals surface area contributed by atoms with E-state index in [2.05, 4.69) is 9.97 Å². The molecule has 18 heavy (non-hydrogen) atoms. The number of nitrogens with two attached hydrogens (primary N) is 1. The number of hydrogen-bond acceptors (Lipinski definition) is 4. The van der Waals surface area contributed by atoms with Crippen molar-refractivity contribution in [3.8, 4) is 17.0 Å². The Hall–Kier alpha value is -1.95. The van der Waals surface area contributed by atoms with Crippen LogP contribution < -0.4 is 10.5 Å². The smallest absolute Gasteiger partial charge is 0.146 e. The molecule has 0 aliphatic heterocycles. The molecule has 1 aromatic heterocycles. The standard InChI is InChI=1S/C11H8ClF2N3O/c1-18-5-2-6(13)8(7(14)3-5)10-9(12)11(15)17-4-16-10/h2-4H,1H3,(H2,15,16,17). The maximum Gasteiger partial charge on any atom is 0.146 e. The van der Waals surface area contributed by atoms with E-state index in [1.165, 1.54) is 7.11 Å². The first-order valence-corrected chi connectivity index (χ1v) is 5.21. The highest BCUT2D eigenvalue weighted by Crippen LogP contribution is 2.34. The van der Waals surface area contributed by atoms with Gasteiger partial charge in [0.15, 0.2) is 0 Å². The van der Waals surface area contributed by atoms with Crippen LogP contribution in [0.4, 0.5) is 14.6 Å². The Bertz CT molecular complexity index is 584. The first kappa shape index (κ1) is 12.5. The second kappa shape index (κ2) is 4.73. The van der Waals surface area contributed by atoms with E-state index in [0.29, 0.717) is 0 Å². The number of benzene rings is 1. The number of ether oxygens (including phenoxy) is 1. The molecule has 0 saturated heterocycles. The fourth-order valence-electron chi connectivity index (χ4n) is 1.45. The lowest BCUT2D eigenvalue weighted by atomic mass is 10.1. The molecule has 0 atom stereocenters. The zero-order valence-corrected chi connectivity index (χ0v) is 10.0. The van der Waals surface area contributed by atoms with Crippen molar-refractivity contribution in [2.75, 3.05) is 12.8 Å². The Labute approximate surface area is 106 Å². The van der Waals surface area contributed by atoms with E-state index in [1.807, 2.05) is 0 Å². The lowest BCUT2D eigenvalue weighted by Gasteiger charge is -2.09. The third kappa shape index (κ3) is 2.06. The van der Waals surface area contributed by atoms with Crippen molar-refractivity contribution in [2.24, 2.45) is 0 Å². The van der Waals surface area contributed by atoms with Crippen LogP contribution in [-0.2, 0) is 0 Å². The lowest BCUT2D eigenvalue weighted by molar-refractivity contribution is 0.407. The molecule has 0 aliphatic rings. The van der Waals surface area contributed by atoms with E-state index in [-0.39, 0.29) is 27.8 Å². The normalized spacial score (nSPS) is 10.4. The minimum atomic E-state index is -0.841. The molecule has 0 radical (unpaired) electrons. The van der Waals surface area contributed by atoms with E-state index in [9.17, 15) is 8.78 Å². The number of rotatable bonds is 2. The van der Waals surface area contributed by atoms with Crippen LogP contribution in [0.1, 0.15) is 0 Å². The van der Waals surface area contributed by atoms with Gasteiger partial charge in [0.05, 0.1) is 12.7 Å². The van der Waals surface area contributed by atoms with E-state index < -0.39 is 11.6 Å². The fraction of sp³-hybridized carbons (Fsp3) is 0.0909. The van der Waals surface area contributed by atoms with Crippen molar-refractivity contribution in [1.29, 1.82) is 0 Å². The van der Waals surface area contributed by atoms with Gasteiger partial charge in [-0.3, -0.25) is 0 Å². The zero-order chi connectivity index (χ0) is 13.3. The molecule has 0 bridgehead atoms. The van der Waals surface area contributed by atoms with Gasteiger partial charge >= 0.3 is 0 Å². The Morgan fingerprint density at radius 1 is 1.22 bits per heavy atom. The van der Waals surface area contributed by atoms with E-state index in [1.54, 1.807) is 0 Å². The van der Waals surface area contributed by atoms with Gasteiger partial charge in [-0.25, -0.2) is 18.7 Å². The van der Waals surface area contributed by atoms with Crippen LogP contribution >= 0.6 is 11.6 Å². The summed E-state index contributed by atoms with van der Waals surface area (Å²) in [5.74, 6) is -1.66. The molecule has 0 aliphatic carbocycles. The first-order valence-electron chi connectivity index (χ1n) is 4.84. The molecule has 94 valence electrons. The number of halogens is 3. The monoisotopic (exact) mass is 271 g/mol. The number of aromatic nitrogens is 2. The van der Waals surface area contributed by atoms with Crippen LogP contribution in [0.2, 0.25) is 5.02 Å². The molecule has 2 N–H and O–H groups in total. The molecule has 0 unspecified atom stereocenters. The van der Waals surface area contributed by atoms with Crippen LogP contribution in [0.15, 0.2) is 18.5 Å². The molecule has 2 rings (SSSR count). The van der Waals surface area contributed by atoms with Crippen molar-refractivity contribution in [1.82, 2.24) is 9.97 Å². The molecule has 1 aromatic carbocycles. The molecule has 1 heterocycles. The molecule has 0 saturated carbocycles. The zero-order valence-electron chi connectivity index (χ0n) is 9.25. The SMILES string of the molecule is COc1cc(F)c(-c2ncnc(N)c2Cl)c(F)c1. The number of nitrogen functional groups attached to an aromatic ring is 1. The van der Waals surface area contributed by atoms with Crippen LogP contribution in [0.3, 0.4) is 0 Å². The summed E-state index contributed by atoms with van der Waals surface area (Å²) in [6, 6.07) is 2.07. The van der Waals surface area contributed by atoms with Crippen molar-refractivity contribution in [2.45, 2.75) is 0 Å². The molecule has 0 spiro atoms. The summed E-state index contributed by atoms with van der Waals surface area (Å²) in [5.41, 5.74) is 5.00. The van der Waals surface area contributed by atoms with Gasteiger partial charge in [-0.15, -0.1) is 0 Å². The van der Waals surface area contributed by atoms with Crippen molar-refractivity contribution < 1.29 is 13.5 Å². The summed E-state index contributed by atoms with van der Waals surface area (Å²) in [5, 5.41) is -0.0968.